The van der Waals surface area contributed by atoms with Crippen LogP contribution in [0.1, 0.15) is 24.5 Å². The molecule has 1 aromatic heterocycles. The maximum Gasteiger partial charge on any atom is 0.161 e. The molecular weight excluding hydrogens is 253 g/mol. The Morgan fingerprint density at radius 1 is 1.17 bits per heavy atom. The van der Waals surface area contributed by atoms with Crippen molar-refractivity contribution in [2.45, 2.75) is 18.8 Å². The number of aromatic nitrogens is 2. The molecule has 0 saturated heterocycles. The molecule has 1 aromatic carbocycles. The van der Waals surface area contributed by atoms with Crippen LogP contribution in [0, 0.1) is 5.82 Å². The number of nitrogens with zero attached hydrogens (tertiary/aromatic N) is 2. The smallest absolute Gasteiger partial charge is 0.161 e. The van der Waals surface area contributed by atoms with E-state index in [1.807, 2.05) is 0 Å². The Labute approximate surface area is 109 Å². The van der Waals surface area contributed by atoms with Gasteiger partial charge in [0.2, 0.25) is 0 Å². The van der Waals surface area contributed by atoms with Gasteiger partial charge in [-0.15, -0.1) is 0 Å². The first-order chi connectivity index (χ1) is 8.61. The maximum absolute atomic E-state index is 13.3. The first-order valence-electron chi connectivity index (χ1n) is 5.73. The van der Waals surface area contributed by atoms with Gasteiger partial charge in [0.15, 0.2) is 5.82 Å². The summed E-state index contributed by atoms with van der Waals surface area (Å²) in [7, 11) is 0. The van der Waals surface area contributed by atoms with E-state index >= 15 is 0 Å². The standard InChI is InChI=1S/C13H11ClFN3/c14-9-3-8(4-10(15)5-9)13-17-11(7-1-2-7)6-12(16)18-13/h3-7H,1-2H2,(H2,16,17,18). The summed E-state index contributed by atoms with van der Waals surface area (Å²) in [6.45, 7) is 0. The van der Waals surface area contributed by atoms with Crippen molar-refractivity contribution in [2.24, 2.45) is 0 Å². The molecule has 1 saturated carbocycles. The molecule has 0 spiro atoms. The highest BCUT2D eigenvalue weighted by Crippen LogP contribution is 2.40. The molecule has 0 bridgehead atoms. The van der Waals surface area contributed by atoms with Gasteiger partial charge in [-0.1, -0.05) is 11.6 Å². The normalized spacial score (nSPS) is 14.8. The van der Waals surface area contributed by atoms with Crippen LogP contribution in [0.2, 0.25) is 5.02 Å². The van der Waals surface area contributed by atoms with E-state index in [1.165, 1.54) is 12.1 Å². The summed E-state index contributed by atoms with van der Waals surface area (Å²) in [5, 5.41) is 0.323. The lowest BCUT2D eigenvalue weighted by molar-refractivity contribution is 0.628. The maximum atomic E-state index is 13.3. The summed E-state index contributed by atoms with van der Waals surface area (Å²) in [5.74, 6) is 0.898. The van der Waals surface area contributed by atoms with Crippen molar-refractivity contribution >= 4 is 17.4 Å². The first kappa shape index (κ1) is 11.4. The van der Waals surface area contributed by atoms with Gasteiger partial charge >= 0.3 is 0 Å². The Morgan fingerprint density at radius 2 is 1.94 bits per heavy atom. The van der Waals surface area contributed by atoms with Crippen LogP contribution >= 0.6 is 11.6 Å². The van der Waals surface area contributed by atoms with Crippen molar-refractivity contribution in [3.8, 4) is 11.4 Å². The highest BCUT2D eigenvalue weighted by atomic mass is 35.5. The van der Waals surface area contributed by atoms with Crippen LogP contribution in [0.3, 0.4) is 0 Å². The summed E-state index contributed by atoms with van der Waals surface area (Å²) in [6, 6.07) is 6.02. The lowest BCUT2D eigenvalue weighted by Gasteiger charge is -2.05. The van der Waals surface area contributed by atoms with Gasteiger partial charge in [0.1, 0.15) is 11.6 Å². The number of nitrogens with two attached hydrogens (primary N) is 1. The van der Waals surface area contributed by atoms with Crippen LogP contribution < -0.4 is 5.73 Å². The zero-order valence-corrected chi connectivity index (χ0v) is 10.3. The van der Waals surface area contributed by atoms with Crippen molar-refractivity contribution < 1.29 is 4.39 Å². The van der Waals surface area contributed by atoms with Crippen molar-refractivity contribution in [3.05, 3.63) is 40.8 Å². The number of benzene rings is 1. The molecule has 3 rings (SSSR count). The minimum Gasteiger partial charge on any atom is -0.384 e. The van der Waals surface area contributed by atoms with E-state index in [1.54, 1.807) is 12.1 Å². The average Bonchev–Trinajstić information content (AvgIpc) is 3.10. The molecule has 18 heavy (non-hydrogen) atoms. The Hall–Kier alpha value is -1.68. The molecule has 0 unspecified atom stereocenters. The highest BCUT2D eigenvalue weighted by molar-refractivity contribution is 6.30. The third-order valence-electron chi connectivity index (χ3n) is 2.88. The molecule has 2 N–H and O–H groups in total. The van der Waals surface area contributed by atoms with Gasteiger partial charge < -0.3 is 5.73 Å². The minimum atomic E-state index is -0.406. The molecule has 0 radical (unpaired) electrons. The van der Waals surface area contributed by atoms with Crippen LogP contribution in [-0.4, -0.2) is 9.97 Å². The van der Waals surface area contributed by atoms with Crippen LogP contribution in [0.5, 0.6) is 0 Å². The molecule has 1 heterocycles. The highest BCUT2D eigenvalue weighted by Gasteiger charge is 2.26. The monoisotopic (exact) mass is 263 g/mol. The number of nitrogen functional groups attached to an aromatic ring is 1. The zero-order chi connectivity index (χ0) is 12.7. The van der Waals surface area contributed by atoms with E-state index in [-0.39, 0.29) is 0 Å². The number of rotatable bonds is 2. The van der Waals surface area contributed by atoms with Gasteiger partial charge in [0.05, 0.1) is 0 Å². The van der Waals surface area contributed by atoms with E-state index in [2.05, 4.69) is 9.97 Å². The van der Waals surface area contributed by atoms with Crippen LogP contribution in [0.25, 0.3) is 11.4 Å². The molecule has 0 aliphatic heterocycles. The molecule has 0 atom stereocenters. The van der Waals surface area contributed by atoms with Gasteiger partial charge in [-0.25, -0.2) is 14.4 Å². The lowest BCUT2D eigenvalue weighted by Crippen LogP contribution is -1.99. The molecule has 2 aromatic rings. The third kappa shape index (κ3) is 2.29. The SMILES string of the molecule is Nc1cc(C2CC2)nc(-c2cc(F)cc(Cl)c2)n1. The number of hydrogen-bond donors (Lipinski definition) is 1. The van der Waals surface area contributed by atoms with E-state index in [9.17, 15) is 4.39 Å². The molecule has 5 heteroatoms. The molecule has 1 aliphatic carbocycles. The molecular formula is C13H11ClFN3. The van der Waals surface area contributed by atoms with Crippen molar-refractivity contribution in [1.82, 2.24) is 9.97 Å². The van der Waals surface area contributed by atoms with Crippen molar-refractivity contribution in [3.63, 3.8) is 0 Å². The summed E-state index contributed by atoms with van der Waals surface area (Å²) >= 11 is 5.83. The number of halogens is 2. The van der Waals surface area contributed by atoms with Crippen molar-refractivity contribution in [2.75, 3.05) is 5.73 Å². The Kier molecular flexibility index (Phi) is 2.67. The first-order valence-corrected chi connectivity index (χ1v) is 6.10. The van der Waals surface area contributed by atoms with Gasteiger partial charge in [0, 0.05) is 28.3 Å². The van der Waals surface area contributed by atoms with Gasteiger partial charge in [0.25, 0.3) is 0 Å². The van der Waals surface area contributed by atoms with Gasteiger partial charge in [-0.05, 0) is 31.0 Å². The van der Waals surface area contributed by atoms with Crippen LogP contribution in [0.4, 0.5) is 10.2 Å². The average molecular weight is 264 g/mol. The summed E-state index contributed by atoms with van der Waals surface area (Å²) in [6.07, 6.45) is 2.25. The molecule has 3 nitrogen and oxygen atoms in total. The summed E-state index contributed by atoms with van der Waals surface area (Å²) in [4.78, 5) is 8.57. The van der Waals surface area contributed by atoms with Gasteiger partial charge in [-0.3, -0.25) is 0 Å². The fourth-order valence-electron chi connectivity index (χ4n) is 1.89. The Bertz CT molecular complexity index is 591. The number of hydrogen-bond acceptors (Lipinski definition) is 3. The molecule has 1 fully saturated rings. The second-order valence-corrected chi connectivity index (χ2v) is 4.91. The number of anilines is 1. The Morgan fingerprint density at radius 3 is 2.61 bits per heavy atom. The van der Waals surface area contributed by atoms with E-state index in [0.717, 1.165) is 18.5 Å². The Balaban J connectivity index is 2.09. The topological polar surface area (TPSA) is 51.8 Å². The summed E-state index contributed by atoms with van der Waals surface area (Å²) < 4.78 is 13.3. The third-order valence-corrected chi connectivity index (χ3v) is 3.10. The minimum absolute atomic E-state index is 0.323. The fraction of sp³-hybridized carbons (Fsp3) is 0.231. The van der Waals surface area contributed by atoms with Crippen LogP contribution in [-0.2, 0) is 0 Å². The molecule has 1 aliphatic rings. The second kappa shape index (κ2) is 4.21. The predicted octanol–water partition coefficient (Wildman–Crippen LogP) is 3.40. The van der Waals surface area contributed by atoms with Crippen LogP contribution in [0.15, 0.2) is 24.3 Å². The fourth-order valence-corrected chi connectivity index (χ4v) is 2.11. The van der Waals surface area contributed by atoms with E-state index in [0.29, 0.717) is 28.1 Å². The predicted molar refractivity (Wildman–Crippen MR) is 68.8 cm³/mol. The van der Waals surface area contributed by atoms with Gasteiger partial charge in [-0.2, -0.15) is 0 Å². The quantitative estimate of drug-likeness (QED) is 0.903. The molecule has 92 valence electrons. The largest absolute Gasteiger partial charge is 0.384 e. The molecule has 0 amide bonds. The second-order valence-electron chi connectivity index (χ2n) is 4.47. The van der Waals surface area contributed by atoms with E-state index in [4.69, 9.17) is 17.3 Å². The van der Waals surface area contributed by atoms with E-state index < -0.39 is 5.82 Å². The lowest BCUT2D eigenvalue weighted by atomic mass is 10.2. The zero-order valence-electron chi connectivity index (χ0n) is 9.53. The van der Waals surface area contributed by atoms with Crippen molar-refractivity contribution in [1.29, 1.82) is 0 Å². The summed E-state index contributed by atoms with van der Waals surface area (Å²) in [5.41, 5.74) is 7.24.